The van der Waals surface area contributed by atoms with Crippen molar-refractivity contribution in [1.82, 2.24) is 4.90 Å². The molecule has 1 heterocycles. The molecule has 1 fully saturated rings. The van der Waals surface area contributed by atoms with Crippen molar-refractivity contribution in [3.05, 3.63) is 63.7 Å². The molecule has 0 unspecified atom stereocenters. The lowest BCUT2D eigenvalue weighted by atomic mass is 9.90. The molecule has 1 aliphatic rings. The van der Waals surface area contributed by atoms with Crippen LogP contribution in [0, 0.1) is 10.1 Å². The van der Waals surface area contributed by atoms with Crippen molar-refractivity contribution in [3.63, 3.8) is 0 Å². The second-order valence-corrected chi connectivity index (χ2v) is 8.65. The fourth-order valence-electron chi connectivity index (χ4n) is 3.58. The number of hydrogen-bond donors (Lipinski definition) is 0. The summed E-state index contributed by atoms with van der Waals surface area (Å²) in [6.07, 6.45) is 0. The fourth-order valence-corrected chi connectivity index (χ4v) is 3.58. The number of nitrogens with zero attached hydrogens (tertiary/aromatic N) is 3. The number of anilines is 1. The molecular weight excluding hydrogens is 381 g/mol. The number of piperazine rings is 1. The Labute approximate surface area is 178 Å². The van der Waals surface area contributed by atoms with Crippen molar-refractivity contribution in [1.29, 1.82) is 0 Å². The second kappa shape index (κ2) is 8.87. The zero-order valence-electron chi connectivity index (χ0n) is 18.1. The van der Waals surface area contributed by atoms with E-state index in [1.165, 1.54) is 17.1 Å². The molecule has 30 heavy (non-hydrogen) atoms. The van der Waals surface area contributed by atoms with Gasteiger partial charge in [0, 0.05) is 38.8 Å². The first kappa shape index (κ1) is 21.8. The van der Waals surface area contributed by atoms with Crippen molar-refractivity contribution in [2.24, 2.45) is 0 Å². The summed E-state index contributed by atoms with van der Waals surface area (Å²) in [7, 11) is 2.11. The number of esters is 1. The lowest BCUT2D eigenvalue weighted by Crippen LogP contribution is -2.46. The maximum Gasteiger partial charge on any atom is 0.338 e. The molecule has 1 saturated heterocycles. The van der Waals surface area contributed by atoms with Gasteiger partial charge in [-0.05, 0) is 38.5 Å². The van der Waals surface area contributed by atoms with Gasteiger partial charge in [0.2, 0.25) is 0 Å². The van der Waals surface area contributed by atoms with E-state index in [4.69, 9.17) is 4.74 Å². The van der Waals surface area contributed by atoms with Crippen LogP contribution in [0.15, 0.2) is 42.5 Å². The van der Waals surface area contributed by atoms with E-state index in [9.17, 15) is 14.9 Å². The number of nitro benzene ring substituents is 1. The molecule has 0 aliphatic carbocycles. The monoisotopic (exact) mass is 409 g/mol. The largest absolute Gasteiger partial charge is 0.456 e. The van der Waals surface area contributed by atoms with E-state index in [2.05, 4.69) is 24.9 Å². The van der Waals surface area contributed by atoms with Crippen molar-refractivity contribution in [2.45, 2.75) is 32.9 Å². The van der Waals surface area contributed by atoms with E-state index >= 15 is 0 Å². The summed E-state index contributed by atoms with van der Waals surface area (Å²) < 4.78 is 5.34. The van der Waals surface area contributed by atoms with Gasteiger partial charge in [0.15, 0.2) is 0 Å². The van der Waals surface area contributed by atoms with E-state index < -0.39 is 16.5 Å². The van der Waals surface area contributed by atoms with Crippen LogP contribution in [-0.2, 0) is 11.3 Å². The maximum atomic E-state index is 12.3. The fraction of sp³-hybridized carbons (Fsp3) is 0.409. The smallest absolute Gasteiger partial charge is 0.338 e. The average Bonchev–Trinajstić information content (AvgIpc) is 2.68. The number of hydrogen-bond acceptors (Lipinski definition) is 6. The molecule has 0 aromatic heterocycles. The van der Waals surface area contributed by atoms with E-state index in [1.807, 2.05) is 17.0 Å². The molecule has 0 spiro atoms. The predicted octanol–water partition coefficient (Wildman–Crippen LogP) is 2.13. The molecule has 1 aliphatic heterocycles. The number of benzene rings is 2. The minimum Gasteiger partial charge on any atom is -0.456 e. The molecule has 0 saturated carbocycles. The van der Waals surface area contributed by atoms with Crippen LogP contribution in [0.25, 0.3) is 0 Å². The van der Waals surface area contributed by atoms with E-state index in [0.717, 1.165) is 19.6 Å². The molecule has 0 amide bonds. The van der Waals surface area contributed by atoms with Gasteiger partial charge in [-0.3, -0.25) is 15.0 Å². The number of carbonyl (C=O) groups excluding carboxylic acids is 1. The highest BCUT2D eigenvalue weighted by molar-refractivity contribution is 6.33. The van der Waals surface area contributed by atoms with Gasteiger partial charge in [-0.1, -0.05) is 29.7 Å². The summed E-state index contributed by atoms with van der Waals surface area (Å²) in [4.78, 5) is 27.9. The molecule has 0 N–H and O–H groups in total. The second-order valence-electron chi connectivity index (χ2n) is 8.65. The Morgan fingerprint density at radius 1 is 1.13 bits per heavy atom. The van der Waals surface area contributed by atoms with Crippen LogP contribution in [0.1, 0.15) is 36.7 Å². The molecule has 2 aromatic carbocycles. The van der Waals surface area contributed by atoms with Gasteiger partial charge in [-0.2, -0.15) is 0 Å². The van der Waals surface area contributed by atoms with Crippen molar-refractivity contribution in [2.75, 3.05) is 31.1 Å². The van der Waals surface area contributed by atoms with Crippen LogP contribution in [0.3, 0.4) is 0 Å². The predicted molar refractivity (Wildman–Crippen MR) is 120 cm³/mol. The highest BCUT2D eigenvalue weighted by Gasteiger charge is 2.26. The molecule has 8 heteroatoms. The standard InChI is InChI=1S/C22H28BN3O4/c1-22(2,3)30-21(27)16-8-9-19(20(14-16)26(28)29)25-12-10-24(11-13-25)15-17-6-4-5-7-18(17)23/h4-9,14H,10-13,15,23H2,1-3H3. The van der Waals surface area contributed by atoms with Gasteiger partial charge < -0.3 is 9.64 Å². The molecule has 0 bridgehead atoms. The molecule has 0 atom stereocenters. The summed E-state index contributed by atoms with van der Waals surface area (Å²) >= 11 is 0. The SMILES string of the molecule is Bc1ccccc1CN1CCN(c2ccc(C(=O)OC(C)(C)C)cc2[N+](=O)[O-])CC1. The molecular formula is C22H28BN3O4. The number of rotatable bonds is 5. The third-order valence-corrected chi connectivity index (χ3v) is 5.17. The first-order valence-electron chi connectivity index (χ1n) is 10.2. The molecule has 7 nitrogen and oxygen atoms in total. The van der Waals surface area contributed by atoms with Gasteiger partial charge in [0.05, 0.1) is 10.5 Å². The minimum absolute atomic E-state index is 0.0642. The zero-order valence-corrected chi connectivity index (χ0v) is 18.1. The first-order valence-corrected chi connectivity index (χ1v) is 10.2. The Bertz CT molecular complexity index is 934. The molecule has 0 radical (unpaired) electrons. The van der Waals surface area contributed by atoms with Crippen LogP contribution in [0.5, 0.6) is 0 Å². The van der Waals surface area contributed by atoms with E-state index in [-0.39, 0.29) is 11.3 Å². The van der Waals surface area contributed by atoms with Gasteiger partial charge in [-0.15, -0.1) is 0 Å². The van der Waals surface area contributed by atoms with Crippen molar-refractivity contribution in [3.8, 4) is 0 Å². The first-order chi connectivity index (χ1) is 14.1. The Morgan fingerprint density at radius 2 is 1.80 bits per heavy atom. The van der Waals surface area contributed by atoms with E-state index in [1.54, 1.807) is 32.9 Å². The Hall–Kier alpha value is -2.87. The van der Waals surface area contributed by atoms with Gasteiger partial charge >= 0.3 is 5.97 Å². The Balaban J connectivity index is 1.71. The summed E-state index contributed by atoms with van der Waals surface area (Å²) in [6.45, 7) is 9.20. The highest BCUT2D eigenvalue weighted by Crippen LogP contribution is 2.31. The van der Waals surface area contributed by atoms with E-state index in [0.29, 0.717) is 18.8 Å². The van der Waals surface area contributed by atoms with Gasteiger partial charge in [-0.25, -0.2) is 4.79 Å². The quantitative estimate of drug-likeness (QED) is 0.326. The number of carbonyl (C=O) groups is 1. The third-order valence-electron chi connectivity index (χ3n) is 5.17. The average molecular weight is 409 g/mol. The van der Waals surface area contributed by atoms with Crippen molar-refractivity contribution >= 4 is 30.7 Å². The van der Waals surface area contributed by atoms with Gasteiger partial charge in [0.25, 0.3) is 5.69 Å². The third kappa shape index (κ3) is 5.39. The van der Waals surface area contributed by atoms with Crippen LogP contribution in [0.4, 0.5) is 11.4 Å². The van der Waals surface area contributed by atoms with Crippen molar-refractivity contribution < 1.29 is 14.5 Å². The Kier molecular flexibility index (Phi) is 6.46. The minimum atomic E-state index is -0.655. The Morgan fingerprint density at radius 3 is 2.40 bits per heavy atom. The molecule has 158 valence electrons. The zero-order chi connectivity index (χ0) is 21.9. The maximum absolute atomic E-state index is 12.3. The van der Waals surface area contributed by atoms with Crippen LogP contribution >= 0.6 is 0 Å². The number of ether oxygens (including phenoxy) is 1. The van der Waals surface area contributed by atoms with Crippen LogP contribution < -0.4 is 10.4 Å². The normalized spacial score (nSPS) is 15.1. The number of nitro groups is 1. The summed E-state index contributed by atoms with van der Waals surface area (Å²) in [6, 6.07) is 12.9. The lowest BCUT2D eigenvalue weighted by Gasteiger charge is -2.36. The van der Waals surface area contributed by atoms with Crippen LogP contribution in [-0.4, -0.2) is 55.4 Å². The highest BCUT2D eigenvalue weighted by atomic mass is 16.6. The molecule has 2 aromatic rings. The molecule has 3 rings (SSSR count). The topological polar surface area (TPSA) is 75.9 Å². The summed E-state index contributed by atoms with van der Waals surface area (Å²) in [5, 5.41) is 11.7. The van der Waals surface area contributed by atoms with Crippen LogP contribution in [0.2, 0.25) is 0 Å². The van der Waals surface area contributed by atoms with Gasteiger partial charge in [0.1, 0.15) is 19.1 Å². The summed E-state index contributed by atoms with van der Waals surface area (Å²) in [5.41, 5.74) is 2.59. The lowest BCUT2D eigenvalue weighted by molar-refractivity contribution is -0.384. The summed E-state index contributed by atoms with van der Waals surface area (Å²) in [5.74, 6) is -0.555.